The van der Waals surface area contributed by atoms with Gasteiger partial charge in [-0.15, -0.1) is 0 Å². The highest BCUT2D eigenvalue weighted by atomic mass is 32.1. The molecule has 0 saturated carbocycles. The molecule has 1 aliphatic heterocycles. The topological polar surface area (TPSA) is 67.8 Å². The van der Waals surface area contributed by atoms with Crippen LogP contribution in [0.25, 0.3) is 0 Å². The average Bonchev–Trinajstić information content (AvgIpc) is 3.21. The molecular weight excluding hydrogens is 359 g/mol. The summed E-state index contributed by atoms with van der Waals surface area (Å²) in [5.74, 6) is 0.119. The first kappa shape index (κ1) is 17.6. The number of hydrogen-bond acceptors (Lipinski definition) is 5. The van der Waals surface area contributed by atoms with Crippen molar-refractivity contribution >= 4 is 17.2 Å². The second-order valence-corrected chi connectivity index (χ2v) is 6.26. The van der Waals surface area contributed by atoms with Gasteiger partial charge in [-0.05, 0) is 24.6 Å². The highest BCUT2D eigenvalue weighted by Crippen LogP contribution is 2.36. The van der Waals surface area contributed by atoms with E-state index in [4.69, 9.17) is 9.47 Å². The zero-order valence-corrected chi connectivity index (χ0v) is 13.8. The fraction of sp³-hybridized carbons (Fsp3) is 0.312. The van der Waals surface area contributed by atoms with E-state index in [1.807, 2.05) is 0 Å². The van der Waals surface area contributed by atoms with Crippen LogP contribution in [0.15, 0.2) is 29.0 Å². The Bertz CT molecular complexity index is 790. The molecule has 0 aliphatic carbocycles. The Morgan fingerprint density at radius 1 is 1.28 bits per heavy atom. The van der Waals surface area contributed by atoms with Crippen LogP contribution in [-0.2, 0) is 6.18 Å². The van der Waals surface area contributed by atoms with Gasteiger partial charge in [0, 0.05) is 10.8 Å². The number of hydrogen-bond donors (Lipinski definition) is 2. The van der Waals surface area contributed by atoms with Gasteiger partial charge in [0.25, 0.3) is 5.91 Å². The van der Waals surface area contributed by atoms with E-state index in [0.29, 0.717) is 17.1 Å². The van der Waals surface area contributed by atoms with E-state index in [2.05, 4.69) is 5.32 Å². The molecule has 0 radical (unpaired) electrons. The van der Waals surface area contributed by atoms with Crippen LogP contribution in [0.2, 0.25) is 0 Å². The molecule has 3 rings (SSSR count). The molecule has 5 nitrogen and oxygen atoms in total. The number of ether oxygens (including phenoxy) is 2. The van der Waals surface area contributed by atoms with Crippen molar-refractivity contribution in [2.75, 3.05) is 6.79 Å². The van der Waals surface area contributed by atoms with Crippen LogP contribution in [0.4, 0.5) is 13.2 Å². The fourth-order valence-electron chi connectivity index (χ4n) is 2.44. The van der Waals surface area contributed by atoms with Crippen molar-refractivity contribution < 1.29 is 32.5 Å². The number of carbonyl (C=O) groups excluding carboxylic acids is 1. The van der Waals surface area contributed by atoms with Gasteiger partial charge in [-0.2, -0.15) is 24.5 Å². The molecule has 1 aromatic carbocycles. The van der Waals surface area contributed by atoms with E-state index in [1.165, 1.54) is 6.92 Å². The molecule has 2 N–H and O–H groups in total. The number of halogens is 3. The maximum atomic E-state index is 12.9. The molecular formula is C16H14F3NO4S. The summed E-state index contributed by atoms with van der Waals surface area (Å²) in [5, 5.41) is 14.8. The van der Waals surface area contributed by atoms with E-state index in [9.17, 15) is 23.1 Å². The summed E-state index contributed by atoms with van der Waals surface area (Å²) in [7, 11) is 0. The van der Waals surface area contributed by atoms with Gasteiger partial charge in [-0.25, -0.2) is 0 Å². The maximum absolute atomic E-state index is 12.9. The molecule has 9 heteroatoms. The number of rotatable bonds is 4. The van der Waals surface area contributed by atoms with Gasteiger partial charge in [-0.3, -0.25) is 4.79 Å². The van der Waals surface area contributed by atoms with Gasteiger partial charge in [0.2, 0.25) is 6.79 Å². The van der Waals surface area contributed by atoms with Crippen LogP contribution in [0.5, 0.6) is 11.5 Å². The minimum absolute atomic E-state index is 0.0829. The molecule has 0 fully saturated rings. The first-order valence-electron chi connectivity index (χ1n) is 7.29. The first-order valence-corrected chi connectivity index (χ1v) is 8.23. The summed E-state index contributed by atoms with van der Waals surface area (Å²) in [6.45, 7) is 1.59. The van der Waals surface area contributed by atoms with Crippen molar-refractivity contribution in [3.05, 3.63) is 45.6 Å². The van der Waals surface area contributed by atoms with Crippen molar-refractivity contribution in [1.82, 2.24) is 5.32 Å². The number of benzene rings is 1. The van der Waals surface area contributed by atoms with Crippen LogP contribution >= 0.6 is 11.3 Å². The summed E-state index contributed by atoms with van der Waals surface area (Å²) in [6.07, 6.45) is -5.72. The molecule has 0 saturated heterocycles. The van der Waals surface area contributed by atoms with Gasteiger partial charge in [0.1, 0.15) is 0 Å². The highest BCUT2D eigenvalue weighted by Gasteiger charge is 2.36. The summed E-state index contributed by atoms with van der Waals surface area (Å²) in [6, 6.07) is 3.98. The second-order valence-electron chi connectivity index (χ2n) is 5.52. The minimum Gasteiger partial charge on any atom is -0.454 e. The van der Waals surface area contributed by atoms with Crippen molar-refractivity contribution in [2.24, 2.45) is 0 Å². The van der Waals surface area contributed by atoms with Crippen molar-refractivity contribution in [1.29, 1.82) is 0 Å². The third-order valence-electron chi connectivity index (χ3n) is 3.78. The lowest BCUT2D eigenvalue weighted by molar-refractivity contribution is -0.137. The number of nitrogens with one attached hydrogen (secondary N) is 1. The molecule has 134 valence electrons. The third-order valence-corrected chi connectivity index (χ3v) is 4.53. The zero-order valence-electron chi connectivity index (χ0n) is 13.0. The Morgan fingerprint density at radius 2 is 2.00 bits per heavy atom. The Kier molecular flexibility index (Phi) is 4.61. The number of thiophene rings is 1. The predicted octanol–water partition coefficient (Wildman–Crippen LogP) is 3.35. The average molecular weight is 373 g/mol. The molecule has 1 aliphatic rings. The molecule has 0 spiro atoms. The van der Waals surface area contributed by atoms with Gasteiger partial charge >= 0.3 is 6.18 Å². The minimum atomic E-state index is -4.61. The van der Waals surface area contributed by atoms with E-state index < -0.39 is 35.4 Å². The number of aliphatic hydroxyl groups excluding tert-OH is 1. The summed E-state index contributed by atoms with van der Waals surface area (Å²) >= 11 is 0.793. The monoisotopic (exact) mass is 373 g/mol. The van der Waals surface area contributed by atoms with Crippen molar-refractivity contribution in [2.45, 2.75) is 25.2 Å². The van der Waals surface area contributed by atoms with Gasteiger partial charge in [0.15, 0.2) is 11.5 Å². The van der Waals surface area contributed by atoms with E-state index >= 15 is 0 Å². The number of aliphatic hydroxyl groups is 1. The lowest BCUT2D eigenvalue weighted by Crippen LogP contribution is -2.37. The van der Waals surface area contributed by atoms with E-state index in [-0.39, 0.29) is 6.79 Å². The summed E-state index contributed by atoms with van der Waals surface area (Å²) < 4.78 is 49.0. The Morgan fingerprint density at radius 3 is 2.72 bits per heavy atom. The number of alkyl halides is 3. The lowest BCUT2D eigenvalue weighted by Gasteiger charge is -2.21. The molecule has 0 unspecified atom stereocenters. The molecule has 0 bridgehead atoms. The van der Waals surface area contributed by atoms with Crippen LogP contribution in [0.1, 0.15) is 34.5 Å². The van der Waals surface area contributed by atoms with Crippen LogP contribution in [0, 0.1) is 0 Å². The standard InChI is InChI=1S/C16H14F3NO4S/c1-8(14(21)9-2-3-12-13(4-9)24-7-23-12)20-15(22)10-5-25-6-11(10)16(17,18)19/h2-6,8,14,21H,7H2,1H3,(H,20,22)/t8-,14-/m0/s1. The van der Waals surface area contributed by atoms with Gasteiger partial charge < -0.3 is 19.9 Å². The second kappa shape index (κ2) is 6.57. The molecule has 25 heavy (non-hydrogen) atoms. The SMILES string of the molecule is C[C@H](NC(=O)c1cscc1C(F)(F)F)[C@H](O)c1ccc2c(c1)OCO2. The molecule has 1 amide bonds. The largest absolute Gasteiger partial charge is 0.454 e. The Balaban J connectivity index is 1.72. The lowest BCUT2D eigenvalue weighted by atomic mass is 10.0. The predicted molar refractivity (Wildman–Crippen MR) is 83.8 cm³/mol. The summed E-state index contributed by atoms with van der Waals surface area (Å²) in [4.78, 5) is 12.1. The zero-order chi connectivity index (χ0) is 18.2. The smallest absolute Gasteiger partial charge is 0.417 e. The normalized spacial score (nSPS) is 15.7. The van der Waals surface area contributed by atoms with Crippen molar-refractivity contribution in [3.63, 3.8) is 0 Å². The van der Waals surface area contributed by atoms with Crippen molar-refractivity contribution in [3.8, 4) is 11.5 Å². The molecule has 2 heterocycles. The fourth-order valence-corrected chi connectivity index (χ4v) is 3.28. The van der Waals surface area contributed by atoms with Crippen LogP contribution in [0.3, 0.4) is 0 Å². The highest BCUT2D eigenvalue weighted by molar-refractivity contribution is 7.08. The van der Waals surface area contributed by atoms with Gasteiger partial charge in [0.05, 0.1) is 23.3 Å². The number of fused-ring (bicyclic) bond motifs is 1. The van der Waals surface area contributed by atoms with Gasteiger partial charge in [-0.1, -0.05) is 6.07 Å². The van der Waals surface area contributed by atoms with E-state index in [1.54, 1.807) is 18.2 Å². The Labute approximate surface area is 145 Å². The number of carbonyl (C=O) groups is 1. The summed E-state index contributed by atoms with van der Waals surface area (Å²) in [5.41, 5.74) is -0.986. The molecule has 2 atom stereocenters. The first-order chi connectivity index (χ1) is 11.8. The van der Waals surface area contributed by atoms with E-state index in [0.717, 1.165) is 22.1 Å². The van der Waals surface area contributed by atoms with Crippen LogP contribution in [-0.4, -0.2) is 23.8 Å². The molecule has 2 aromatic rings. The molecule has 1 aromatic heterocycles. The van der Waals surface area contributed by atoms with Crippen LogP contribution < -0.4 is 14.8 Å². The number of amides is 1. The Hall–Kier alpha value is -2.26. The maximum Gasteiger partial charge on any atom is 0.417 e. The quantitative estimate of drug-likeness (QED) is 0.863. The third kappa shape index (κ3) is 3.57.